The Morgan fingerprint density at radius 3 is 2.44 bits per heavy atom. The lowest BCUT2D eigenvalue weighted by Gasteiger charge is -2.13. The molecule has 1 rings (SSSR count). The highest BCUT2D eigenvalue weighted by atomic mass is 35.5. The number of hydrogen-bond acceptors (Lipinski definition) is 2. The number of benzene rings is 1. The summed E-state index contributed by atoms with van der Waals surface area (Å²) in [5.74, 6) is 4.19. The fraction of sp³-hybridized carbons (Fsp3) is 0.385. The summed E-state index contributed by atoms with van der Waals surface area (Å²) >= 11 is 6.05. The molecule has 0 saturated heterocycles. The minimum atomic E-state index is 0.151. The summed E-state index contributed by atoms with van der Waals surface area (Å²) in [6, 6.07) is 3.62. The van der Waals surface area contributed by atoms with E-state index >= 15 is 0 Å². The van der Waals surface area contributed by atoms with Crippen LogP contribution in [0.3, 0.4) is 0 Å². The van der Waals surface area contributed by atoms with Crippen molar-refractivity contribution in [1.29, 1.82) is 0 Å². The Bertz CT molecular complexity index is 407. The largest absolute Gasteiger partial charge is 0.496 e. The summed E-state index contributed by atoms with van der Waals surface area (Å²) in [4.78, 5) is 0. The van der Waals surface area contributed by atoms with E-state index in [-0.39, 0.29) is 5.92 Å². The second-order valence-electron chi connectivity index (χ2n) is 3.57. The number of halogens is 1. The van der Waals surface area contributed by atoms with E-state index in [2.05, 4.69) is 5.92 Å². The number of terminal acetylenes is 1. The Balaban J connectivity index is 3.09. The molecule has 0 radical (unpaired) electrons. The van der Waals surface area contributed by atoms with E-state index in [0.717, 1.165) is 17.7 Å². The molecular weight excluding hydrogens is 224 g/mol. The third kappa shape index (κ3) is 2.84. The quantitative estimate of drug-likeness (QED) is 0.751. The van der Waals surface area contributed by atoms with Crippen LogP contribution in [0.15, 0.2) is 12.1 Å². The van der Waals surface area contributed by atoms with Gasteiger partial charge in [-0.3, -0.25) is 0 Å². The van der Waals surface area contributed by atoms with E-state index in [1.165, 1.54) is 0 Å². The molecule has 0 aliphatic rings. The van der Waals surface area contributed by atoms with E-state index in [9.17, 15) is 0 Å². The van der Waals surface area contributed by atoms with Gasteiger partial charge in [0.1, 0.15) is 11.5 Å². The van der Waals surface area contributed by atoms with E-state index in [1.54, 1.807) is 20.3 Å². The van der Waals surface area contributed by atoms with Crippen LogP contribution in [0.25, 0.3) is 0 Å². The van der Waals surface area contributed by atoms with Crippen molar-refractivity contribution < 1.29 is 9.47 Å². The first-order valence-electron chi connectivity index (χ1n) is 4.98. The maximum atomic E-state index is 6.05. The molecular formula is C13H15ClO2. The molecule has 0 saturated carbocycles. The Labute approximate surface area is 102 Å². The second-order valence-corrected chi connectivity index (χ2v) is 3.98. The van der Waals surface area contributed by atoms with E-state index < -0.39 is 0 Å². The van der Waals surface area contributed by atoms with Gasteiger partial charge in [0.15, 0.2) is 0 Å². The first kappa shape index (κ1) is 12.7. The maximum absolute atomic E-state index is 6.05. The molecule has 0 bridgehead atoms. The van der Waals surface area contributed by atoms with Gasteiger partial charge in [-0.1, -0.05) is 18.5 Å². The molecule has 0 aromatic heterocycles. The monoisotopic (exact) mass is 238 g/mol. The predicted octanol–water partition coefficient (Wildman–Crippen LogP) is 3.17. The molecule has 1 unspecified atom stereocenters. The smallest absolute Gasteiger partial charge is 0.141 e. The van der Waals surface area contributed by atoms with Crippen LogP contribution in [0.4, 0.5) is 0 Å². The Morgan fingerprint density at radius 1 is 1.31 bits per heavy atom. The molecule has 0 aliphatic carbocycles. The van der Waals surface area contributed by atoms with Gasteiger partial charge in [-0.05, 0) is 18.1 Å². The number of hydrogen-bond donors (Lipinski definition) is 0. The summed E-state index contributed by atoms with van der Waals surface area (Å²) in [6.07, 6.45) is 6.10. The molecule has 0 aliphatic heterocycles. The molecule has 1 aromatic rings. The van der Waals surface area contributed by atoms with Crippen LogP contribution < -0.4 is 9.47 Å². The van der Waals surface area contributed by atoms with Crippen LogP contribution in [-0.2, 0) is 6.42 Å². The molecule has 0 heterocycles. The minimum Gasteiger partial charge on any atom is -0.496 e. The van der Waals surface area contributed by atoms with Gasteiger partial charge in [0, 0.05) is 12.0 Å². The Morgan fingerprint density at radius 2 is 1.94 bits per heavy atom. The van der Waals surface area contributed by atoms with Gasteiger partial charge in [-0.25, -0.2) is 0 Å². The van der Waals surface area contributed by atoms with Crippen LogP contribution in [0.5, 0.6) is 11.5 Å². The van der Waals surface area contributed by atoms with E-state index in [1.807, 2.05) is 13.0 Å². The van der Waals surface area contributed by atoms with Crippen LogP contribution in [0, 0.1) is 18.3 Å². The number of ether oxygens (including phenoxy) is 2. The topological polar surface area (TPSA) is 18.5 Å². The molecule has 16 heavy (non-hydrogen) atoms. The maximum Gasteiger partial charge on any atom is 0.141 e. The van der Waals surface area contributed by atoms with Gasteiger partial charge in [0.05, 0.1) is 19.2 Å². The zero-order valence-electron chi connectivity index (χ0n) is 9.71. The molecule has 0 N–H and O–H groups in total. The van der Waals surface area contributed by atoms with Crippen molar-refractivity contribution in [3.05, 3.63) is 22.7 Å². The summed E-state index contributed by atoms with van der Waals surface area (Å²) in [6.45, 7) is 1.98. The molecule has 1 atom stereocenters. The lowest BCUT2D eigenvalue weighted by atomic mass is 10.0. The standard InChI is InChI=1S/C13H15ClO2/c1-5-9(2)6-10-7-11(14)13(16-4)8-12(10)15-3/h1,7-9H,6H2,2-4H3. The van der Waals surface area contributed by atoms with Crippen LogP contribution in [-0.4, -0.2) is 14.2 Å². The average Bonchev–Trinajstić information content (AvgIpc) is 2.29. The van der Waals surface area contributed by atoms with Gasteiger partial charge in [-0.15, -0.1) is 12.3 Å². The minimum absolute atomic E-state index is 0.151. The molecule has 3 heteroatoms. The summed E-state index contributed by atoms with van der Waals surface area (Å²) in [7, 11) is 3.19. The summed E-state index contributed by atoms with van der Waals surface area (Å²) < 4.78 is 10.4. The highest BCUT2D eigenvalue weighted by Crippen LogP contribution is 2.33. The van der Waals surface area contributed by atoms with Crippen molar-refractivity contribution in [2.75, 3.05) is 14.2 Å². The van der Waals surface area contributed by atoms with Gasteiger partial charge in [0.2, 0.25) is 0 Å². The fourth-order valence-electron chi connectivity index (χ4n) is 1.47. The Hall–Kier alpha value is -1.33. The van der Waals surface area contributed by atoms with Crippen molar-refractivity contribution in [3.8, 4) is 23.8 Å². The van der Waals surface area contributed by atoms with Crippen LogP contribution in [0.2, 0.25) is 5.02 Å². The molecule has 86 valence electrons. The second kappa shape index (κ2) is 5.67. The van der Waals surface area contributed by atoms with E-state index in [0.29, 0.717) is 10.8 Å². The summed E-state index contributed by atoms with van der Waals surface area (Å²) in [5, 5.41) is 0.572. The zero-order chi connectivity index (χ0) is 12.1. The van der Waals surface area contributed by atoms with Crippen molar-refractivity contribution in [3.63, 3.8) is 0 Å². The number of methoxy groups -OCH3 is 2. The van der Waals surface area contributed by atoms with Crippen molar-refractivity contribution >= 4 is 11.6 Å². The van der Waals surface area contributed by atoms with Crippen LogP contribution in [0.1, 0.15) is 12.5 Å². The normalized spacial score (nSPS) is 11.7. The molecule has 2 nitrogen and oxygen atoms in total. The highest BCUT2D eigenvalue weighted by Gasteiger charge is 2.11. The zero-order valence-corrected chi connectivity index (χ0v) is 10.5. The number of rotatable bonds is 4. The lowest BCUT2D eigenvalue weighted by Crippen LogP contribution is -2.00. The molecule has 0 fully saturated rings. The highest BCUT2D eigenvalue weighted by molar-refractivity contribution is 6.32. The summed E-state index contributed by atoms with van der Waals surface area (Å²) in [5.41, 5.74) is 0.999. The third-order valence-electron chi connectivity index (χ3n) is 2.37. The van der Waals surface area contributed by atoms with Crippen molar-refractivity contribution in [2.45, 2.75) is 13.3 Å². The van der Waals surface area contributed by atoms with Gasteiger partial charge < -0.3 is 9.47 Å². The van der Waals surface area contributed by atoms with Gasteiger partial charge in [0.25, 0.3) is 0 Å². The third-order valence-corrected chi connectivity index (χ3v) is 2.66. The van der Waals surface area contributed by atoms with Crippen molar-refractivity contribution in [1.82, 2.24) is 0 Å². The lowest BCUT2D eigenvalue weighted by molar-refractivity contribution is 0.390. The molecule has 0 amide bonds. The first-order valence-corrected chi connectivity index (χ1v) is 5.36. The fourth-order valence-corrected chi connectivity index (χ4v) is 1.73. The van der Waals surface area contributed by atoms with Gasteiger partial charge in [-0.2, -0.15) is 0 Å². The van der Waals surface area contributed by atoms with Crippen LogP contribution >= 0.6 is 11.6 Å². The van der Waals surface area contributed by atoms with Crippen molar-refractivity contribution in [2.24, 2.45) is 5.92 Å². The SMILES string of the molecule is C#CC(C)Cc1cc(Cl)c(OC)cc1OC. The predicted molar refractivity (Wildman–Crippen MR) is 66.3 cm³/mol. The van der Waals surface area contributed by atoms with Gasteiger partial charge >= 0.3 is 0 Å². The Kier molecular flexibility index (Phi) is 4.52. The van der Waals surface area contributed by atoms with E-state index in [4.69, 9.17) is 27.5 Å². The molecule has 1 aromatic carbocycles. The average molecular weight is 239 g/mol. The molecule has 0 spiro atoms. The first-order chi connectivity index (χ1) is 7.62.